The molecule has 24 heavy (non-hydrogen) atoms. The fourth-order valence-corrected chi connectivity index (χ4v) is 3.51. The summed E-state index contributed by atoms with van der Waals surface area (Å²) in [5.74, 6) is 0.118. The zero-order chi connectivity index (χ0) is 17.6. The van der Waals surface area contributed by atoms with E-state index in [1.54, 1.807) is 0 Å². The largest absolute Gasteiger partial charge is 0.320 e. The van der Waals surface area contributed by atoms with Gasteiger partial charge in [-0.2, -0.15) is 5.10 Å². The first kappa shape index (κ1) is 18.1. The van der Waals surface area contributed by atoms with Crippen LogP contribution in [0.15, 0.2) is 65.8 Å². The van der Waals surface area contributed by atoms with Crippen LogP contribution in [0.2, 0.25) is 19.6 Å². The predicted molar refractivity (Wildman–Crippen MR) is 104 cm³/mol. The van der Waals surface area contributed by atoms with Crippen LogP contribution in [0, 0.1) is 0 Å². The van der Waals surface area contributed by atoms with Gasteiger partial charge in [-0.3, -0.25) is 4.79 Å². The van der Waals surface area contributed by atoms with Crippen molar-refractivity contribution in [2.75, 3.05) is 0 Å². The van der Waals surface area contributed by atoms with Gasteiger partial charge in [0.1, 0.15) is 0 Å². The molecule has 4 heteroatoms. The van der Waals surface area contributed by atoms with Crippen molar-refractivity contribution in [1.82, 2.24) is 4.67 Å². The minimum atomic E-state index is -1.63. The van der Waals surface area contributed by atoms with Gasteiger partial charge in [-0.25, -0.2) is 0 Å². The molecule has 0 fully saturated rings. The second kappa shape index (κ2) is 8.06. The molecule has 0 N–H and O–H groups in total. The number of benzene rings is 2. The Bertz CT molecular complexity index is 691. The molecule has 0 saturated heterocycles. The van der Waals surface area contributed by atoms with Crippen LogP contribution in [-0.2, 0) is 6.54 Å². The third-order valence-electron chi connectivity index (χ3n) is 3.75. The lowest BCUT2D eigenvalue weighted by Crippen LogP contribution is -2.42. The minimum absolute atomic E-state index is 0.118. The molecule has 0 amide bonds. The summed E-state index contributed by atoms with van der Waals surface area (Å²) in [4.78, 5) is 12.4. The number of ketones is 1. The Morgan fingerprint density at radius 1 is 0.958 bits per heavy atom. The number of nitrogens with zero attached hydrogens (tertiary/aromatic N) is 2. The summed E-state index contributed by atoms with van der Waals surface area (Å²) in [6, 6.07) is 19.8. The second-order valence-corrected chi connectivity index (χ2v) is 11.9. The van der Waals surface area contributed by atoms with E-state index in [1.807, 2.05) is 55.5 Å². The van der Waals surface area contributed by atoms with Gasteiger partial charge < -0.3 is 4.67 Å². The van der Waals surface area contributed by atoms with E-state index >= 15 is 0 Å². The number of carbonyl (C=O) groups excluding carboxylic acids is 1. The molecule has 2 aromatic rings. The van der Waals surface area contributed by atoms with Crippen molar-refractivity contribution in [2.24, 2.45) is 5.10 Å². The van der Waals surface area contributed by atoms with Crippen molar-refractivity contribution in [3.05, 3.63) is 71.8 Å². The number of hydrazone groups is 1. The first-order valence-electron chi connectivity index (χ1n) is 8.30. The first-order valence-corrected chi connectivity index (χ1v) is 11.7. The molecule has 0 heterocycles. The summed E-state index contributed by atoms with van der Waals surface area (Å²) in [7, 11) is -1.63. The molecule has 2 aromatic carbocycles. The maximum Gasteiger partial charge on any atom is 0.169 e. The zero-order valence-electron chi connectivity index (χ0n) is 15.0. The van der Waals surface area contributed by atoms with Gasteiger partial charge in [0.05, 0.1) is 13.0 Å². The molecule has 0 saturated carbocycles. The summed E-state index contributed by atoms with van der Waals surface area (Å²) in [6.07, 6.45) is 0.361. The topological polar surface area (TPSA) is 32.7 Å². The highest BCUT2D eigenvalue weighted by Gasteiger charge is 2.23. The molecular formula is C20H26N2OSi. The molecule has 0 aliphatic carbocycles. The van der Waals surface area contributed by atoms with Crippen LogP contribution >= 0.6 is 0 Å². The number of rotatable bonds is 7. The summed E-state index contributed by atoms with van der Waals surface area (Å²) < 4.78 is 2.19. The van der Waals surface area contributed by atoms with Crippen LogP contribution in [0.25, 0.3) is 0 Å². The van der Waals surface area contributed by atoms with E-state index in [4.69, 9.17) is 5.10 Å². The Kier molecular flexibility index (Phi) is 6.09. The van der Waals surface area contributed by atoms with E-state index in [-0.39, 0.29) is 5.78 Å². The molecule has 0 aliphatic rings. The van der Waals surface area contributed by atoms with Crippen LogP contribution in [-0.4, -0.2) is 24.4 Å². The minimum Gasteiger partial charge on any atom is -0.320 e. The van der Waals surface area contributed by atoms with Gasteiger partial charge in [-0.15, -0.1) is 0 Å². The van der Waals surface area contributed by atoms with Crippen molar-refractivity contribution < 1.29 is 4.79 Å². The Balaban J connectivity index is 2.12. The standard InChI is InChI=1S/C20H26N2OSi/c1-17(15-20(23)19-13-9-6-10-14-19)21-22(24(2,3)4)16-18-11-7-5-8-12-18/h5-14H,15-16H2,1-4H3. The van der Waals surface area contributed by atoms with Crippen LogP contribution in [0.4, 0.5) is 0 Å². The Morgan fingerprint density at radius 2 is 1.50 bits per heavy atom. The van der Waals surface area contributed by atoms with Crippen molar-refractivity contribution >= 4 is 19.7 Å². The summed E-state index contributed by atoms with van der Waals surface area (Å²) in [6.45, 7) is 9.54. The molecule has 0 atom stereocenters. The molecule has 0 radical (unpaired) electrons. The smallest absolute Gasteiger partial charge is 0.169 e. The lowest BCUT2D eigenvalue weighted by atomic mass is 10.1. The quantitative estimate of drug-likeness (QED) is 0.309. The van der Waals surface area contributed by atoms with Gasteiger partial charge in [-0.05, 0) is 12.5 Å². The van der Waals surface area contributed by atoms with Crippen LogP contribution in [0.5, 0.6) is 0 Å². The highest BCUT2D eigenvalue weighted by molar-refractivity contribution is 6.73. The van der Waals surface area contributed by atoms with Gasteiger partial charge in [-0.1, -0.05) is 80.3 Å². The third-order valence-corrected chi connectivity index (χ3v) is 5.56. The van der Waals surface area contributed by atoms with E-state index in [1.165, 1.54) is 5.56 Å². The monoisotopic (exact) mass is 338 g/mol. The van der Waals surface area contributed by atoms with Crippen molar-refractivity contribution in [1.29, 1.82) is 0 Å². The maximum absolute atomic E-state index is 12.4. The molecule has 0 aromatic heterocycles. The van der Waals surface area contributed by atoms with E-state index in [0.717, 1.165) is 17.8 Å². The average molecular weight is 339 g/mol. The van der Waals surface area contributed by atoms with Crippen LogP contribution in [0.1, 0.15) is 29.3 Å². The Morgan fingerprint density at radius 3 is 2.04 bits per heavy atom. The summed E-state index contributed by atoms with van der Waals surface area (Å²) in [5, 5.41) is 4.80. The molecule has 126 valence electrons. The number of hydrogen-bond donors (Lipinski definition) is 0. The average Bonchev–Trinajstić information content (AvgIpc) is 2.55. The summed E-state index contributed by atoms with van der Waals surface area (Å²) >= 11 is 0. The van der Waals surface area contributed by atoms with Gasteiger partial charge in [0.15, 0.2) is 14.0 Å². The maximum atomic E-state index is 12.4. The fourth-order valence-electron chi connectivity index (χ4n) is 2.38. The normalized spacial score (nSPS) is 12.1. The lowest BCUT2D eigenvalue weighted by molar-refractivity contribution is 0.1000. The summed E-state index contributed by atoms with van der Waals surface area (Å²) in [5.41, 5.74) is 2.85. The van der Waals surface area contributed by atoms with E-state index in [2.05, 4.69) is 36.4 Å². The number of carbonyl (C=O) groups is 1. The molecule has 0 unspecified atom stereocenters. The highest BCUT2D eigenvalue weighted by atomic mass is 28.3. The molecule has 0 aliphatic heterocycles. The first-order chi connectivity index (χ1) is 11.4. The molecule has 0 spiro atoms. The van der Waals surface area contributed by atoms with E-state index < -0.39 is 8.24 Å². The molecule has 2 rings (SSSR count). The van der Waals surface area contributed by atoms with Crippen molar-refractivity contribution in [3.8, 4) is 0 Å². The molecule has 3 nitrogen and oxygen atoms in total. The van der Waals surface area contributed by atoms with Gasteiger partial charge in [0.2, 0.25) is 0 Å². The van der Waals surface area contributed by atoms with E-state index in [0.29, 0.717) is 6.42 Å². The van der Waals surface area contributed by atoms with Gasteiger partial charge in [0, 0.05) is 11.3 Å². The molecular weight excluding hydrogens is 312 g/mol. The van der Waals surface area contributed by atoms with E-state index in [9.17, 15) is 4.79 Å². The zero-order valence-corrected chi connectivity index (χ0v) is 16.0. The highest BCUT2D eigenvalue weighted by Crippen LogP contribution is 2.16. The molecule has 0 bridgehead atoms. The van der Waals surface area contributed by atoms with Crippen LogP contribution < -0.4 is 0 Å². The third kappa shape index (κ3) is 5.46. The fraction of sp³-hybridized carbons (Fsp3) is 0.300. The van der Waals surface area contributed by atoms with Crippen LogP contribution in [0.3, 0.4) is 0 Å². The predicted octanol–water partition coefficient (Wildman–Crippen LogP) is 4.97. The number of hydrogen-bond acceptors (Lipinski definition) is 3. The van der Waals surface area contributed by atoms with Crippen molar-refractivity contribution in [3.63, 3.8) is 0 Å². The van der Waals surface area contributed by atoms with Gasteiger partial charge in [0.25, 0.3) is 0 Å². The second-order valence-electron chi connectivity index (χ2n) is 7.02. The van der Waals surface area contributed by atoms with Gasteiger partial charge >= 0.3 is 0 Å². The number of Topliss-reactive ketones (excluding diaryl/α,β-unsaturated/α-hetero) is 1. The van der Waals surface area contributed by atoms with Crippen molar-refractivity contribution in [2.45, 2.75) is 39.5 Å². The SMILES string of the molecule is CC(CC(=O)c1ccccc1)=NN(Cc1ccccc1)[Si](C)(C)C. The lowest BCUT2D eigenvalue weighted by Gasteiger charge is -2.32. The Hall–Kier alpha value is -2.20. The Labute approximate surface area is 146 Å².